The van der Waals surface area contributed by atoms with Crippen molar-refractivity contribution in [1.29, 1.82) is 0 Å². The summed E-state index contributed by atoms with van der Waals surface area (Å²) in [5.74, 6) is 0.118. The minimum Gasteiger partial charge on any atom is -0.447 e. The molecule has 0 spiro atoms. The number of ether oxygens (including phenoxy) is 1. The Hall–Kier alpha value is -2.43. The third-order valence-electron chi connectivity index (χ3n) is 5.45. The maximum atomic E-state index is 13.1. The normalized spacial score (nSPS) is 15.3. The van der Waals surface area contributed by atoms with Gasteiger partial charge in [-0.15, -0.1) is 0 Å². The first-order valence-corrected chi connectivity index (χ1v) is 10.6. The molecule has 3 rings (SSSR count). The van der Waals surface area contributed by atoms with Crippen LogP contribution in [-0.4, -0.2) is 78.6 Å². The van der Waals surface area contributed by atoms with Gasteiger partial charge in [-0.2, -0.15) is 13.2 Å². The molecule has 7 nitrogen and oxygen atoms in total. The Balaban J connectivity index is 1.72. The van der Waals surface area contributed by atoms with E-state index in [-0.39, 0.29) is 18.1 Å². The summed E-state index contributed by atoms with van der Waals surface area (Å²) in [4.78, 5) is 22.4. The number of carbonyl (C=O) groups is 1. The molecule has 2 aromatic rings. The van der Waals surface area contributed by atoms with Gasteiger partial charge in [-0.05, 0) is 18.6 Å². The van der Waals surface area contributed by atoms with Crippen molar-refractivity contribution in [1.82, 2.24) is 19.7 Å². The van der Waals surface area contributed by atoms with E-state index < -0.39 is 11.7 Å². The Bertz CT molecular complexity index is 881. The number of nitrogens with zero attached hydrogens (tertiary/aromatic N) is 4. The molecule has 0 N–H and O–H groups in total. The zero-order chi connectivity index (χ0) is 23.1. The highest BCUT2D eigenvalue weighted by Gasteiger charge is 2.30. The number of oxazole rings is 1. The Morgan fingerprint density at radius 1 is 1.22 bits per heavy atom. The van der Waals surface area contributed by atoms with Gasteiger partial charge in [-0.1, -0.05) is 18.2 Å². The molecular weight excluding hydrogens is 425 g/mol. The molecule has 1 fully saturated rings. The van der Waals surface area contributed by atoms with Crippen molar-refractivity contribution in [3.63, 3.8) is 0 Å². The molecule has 0 atom stereocenters. The van der Waals surface area contributed by atoms with Crippen molar-refractivity contribution in [3.8, 4) is 0 Å². The number of benzene rings is 1. The number of aromatic nitrogens is 1. The fourth-order valence-electron chi connectivity index (χ4n) is 3.44. The van der Waals surface area contributed by atoms with Gasteiger partial charge in [-0.3, -0.25) is 14.6 Å². The summed E-state index contributed by atoms with van der Waals surface area (Å²) in [7, 11) is 1.68. The molecular formula is C22H29F3N4O3. The Labute approximate surface area is 185 Å². The fourth-order valence-corrected chi connectivity index (χ4v) is 3.44. The number of morpholine rings is 1. The number of hydrogen-bond acceptors (Lipinski definition) is 6. The van der Waals surface area contributed by atoms with Crippen molar-refractivity contribution in [2.45, 2.75) is 26.2 Å². The van der Waals surface area contributed by atoms with Gasteiger partial charge in [-0.25, -0.2) is 4.98 Å². The lowest BCUT2D eigenvalue weighted by Gasteiger charge is -2.29. The number of hydrogen-bond donors (Lipinski definition) is 0. The SMILES string of the molecule is CCN(C)C(=O)c1coc(CN(CCN2CCOCC2)Cc2cccc(C(F)(F)F)c2)n1. The lowest BCUT2D eigenvalue weighted by molar-refractivity contribution is -0.137. The number of rotatable bonds is 9. The summed E-state index contributed by atoms with van der Waals surface area (Å²) in [6.45, 7) is 7.32. The predicted molar refractivity (Wildman–Crippen MR) is 112 cm³/mol. The van der Waals surface area contributed by atoms with Crippen LogP contribution in [0.25, 0.3) is 0 Å². The van der Waals surface area contributed by atoms with Crippen LogP contribution in [0, 0.1) is 0 Å². The van der Waals surface area contributed by atoms with E-state index in [9.17, 15) is 18.0 Å². The average Bonchev–Trinajstić information content (AvgIpc) is 3.25. The van der Waals surface area contributed by atoms with E-state index in [1.807, 2.05) is 11.8 Å². The smallest absolute Gasteiger partial charge is 0.416 e. The Kier molecular flexibility index (Phi) is 8.27. The van der Waals surface area contributed by atoms with Crippen molar-refractivity contribution in [3.05, 3.63) is 53.2 Å². The van der Waals surface area contributed by atoms with Crippen molar-refractivity contribution >= 4 is 5.91 Å². The largest absolute Gasteiger partial charge is 0.447 e. The van der Waals surface area contributed by atoms with E-state index in [4.69, 9.17) is 9.15 Å². The lowest BCUT2D eigenvalue weighted by atomic mass is 10.1. The summed E-state index contributed by atoms with van der Waals surface area (Å²) in [5, 5.41) is 0. The number of alkyl halides is 3. The number of halogens is 3. The molecule has 1 aliphatic rings. The zero-order valence-electron chi connectivity index (χ0n) is 18.4. The van der Waals surface area contributed by atoms with E-state index in [0.717, 1.165) is 25.7 Å². The highest BCUT2D eigenvalue weighted by molar-refractivity contribution is 5.91. The van der Waals surface area contributed by atoms with Crippen molar-refractivity contribution in [2.24, 2.45) is 0 Å². The Morgan fingerprint density at radius 2 is 1.97 bits per heavy atom. The second-order valence-electron chi connectivity index (χ2n) is 7.81. The molecule has 2 heterocycles. The minimum atomic E-state index is -4.39. The van der Waals surface area contributed by atoms with Crippen LogP contribution in [-0.2, 0) is 24.0 Å². The first kappa shape index (κ1) is 24.2. The fraction of sp³-hybridized carbons (Fsp3) is 0.545. The van der Waals surface area contributed by atoms with E-state index in [0.29, 0.717) is 44.3 Å². The number of carbonyl (C=O) groups excluding carboxylic acids is 1. The monoisotopic (exact) mass is 454 g/mol. The molecule has 176 valence electrons. The highest BCUT2D eigenvalue weighted by atomic mass is 19.4. The van der Waals surface area contributed by atoms with Crippen LogP contribution in [0.2, 0.25) is 0 Å². The summed E-state index contributed by atoms with van der Waals surface area (Å²) >= 11 is 0. The standard InChI is InChI=1S/C22H29F3N4O3/c1-3-27(2)21(30)19-16-32-20(26-19)15-29(8-7-28-9-11-31-12-10-28)14-17-5-4-6-18(13-17)22(23,24)25/h4-6,13,16H,3,7-12,14-15H2,1-2H3. The highest BCUT2D eigenvalue weighted by Crippen LogP contribution is 2.29. The van der Waals surface area contributed by atoms with Crippen LogP contribution in [0.1, 0.15) is 34.4 Å². The van der Waals surface area contributed by atoms with Crippen molar-refractivity contribution in [2.75, 3.05) is 53.0 Å². The van der Waals surface area contributed by atoms with Crippen LogP contribution < -0.4 is 0 Å². The Morgan fingerprint density at radius 3 is 2.66 bits per heavy atom. The third-order valence-corrected chi connectivity index (χ3v) is 5.45. The van der Waals surface area contributed by atoms with Gasteiger partial charge >= 0.3 is 6.18 Å². The second-order valence-corrected chi connectivity index (χ2v) is 7.81. The van der Waals surface area contributed by atoms with Crippen LogP contribution in [0.3, 0.4) is 0 Å². The van der Waals surface area contributed by atoms with Gasteiger partial charge in [0.05, 0.1) is 25.3 Å². The summed E-state index contributed by atoms with van der Waals surface area (Å²) in [5.41, 5.74) is 0.0988. The molecule has 1 aliphatic heterocycles. The van der Waals surface area contributed by atoms with Gasteiger partial charge in [0.1, 0.15) is 6.26 Å². The predicted octanol–water partition coefficient (Wildman–Crippen LogP) is 3.12. The molecule has 32 heavy (non-hydrogen) atoms. The molecule has 0 radical (unpaired) electrons. The van der Waals surface area contributed by atoms with Gasteiger partial charge in [0, 0.05) is 46.3 Å². The summed E-state index contributed by atoms with van der Waals surface area (Å²) in [6.07, 6.45) is -3.06. The molecule has 10 heteroatoms. The molecule has 1 aromatic carbocycles. The van der Waals surface area contributed by atoms with E-state index >= 15 is 0 Å². The van der Waals surface area contributed by atoms with Crippen LogP contribution >= 0.6 is 0 Å². The third kappa shape index (κ3) is 6.78. The average molecular weight is 454 g/mol. The molecule has 1 saturated heterocycles. The van der Waals surface area contributed by atoms with Crippen molar-refractivity contribution < 1.29 is 27.1 Å². The lowest BCUT2D eigenvalue weighted by Crippen LogP contribution is -2.41. The first-order valence-electron chi connectivity index (χ1n) is 10.6. The minimum absolute atomic E-state index is 0.219. The second kappa shape index (κ2) is 10.9. The zero-order valence-corrected chi connectivity index (χ0v) is 18.4. The van der Waals surface area contributed by atoms with Gasteiger partial charge in [0.15, 0.2) is 5.69 Å². The molecule has 0 saturated carbocycles. The topological polar surface area (TPSA) is 62.1 Å². The van der Waals surface area contributed by atoms with Crippen LogP contribution in [0.4, 0.5) is 13.2 Å². The molecule has 0 aliphatic carbocycles. The summed E-state index contributed by atoms with van der Waals surface area (Å²) in [6, 6.07) is 5.33. The van der Waals surface area contributed by atoms with E-state index in [1.165, 1.54) is 23.3 Å². The molecule has 1 amide bonds. The van der Waals surface area contributed by atoms with E-state index in [2.05, 4.69) is 9.88 Å². The van der Waals surface area contributed by atoms with Gasteiger partial charge in [0.2, 0.25) is 5.89 Å². The maximum Gasteiger partial charge on any atom is 0.416 e. The quantitative estimate of drug-likeness (QED) is 0.580. The number of amides is 1. The van der Waals surface area contributed by atoms with Crippen LogP contribution in [0.15, 0.2) is 34.9 Å². The maximum absolute atomic E-state index is 13.1. The van der Waals surface area contributed by atoms with Gasteiger partial charge < -0.3 is 14.1 Å². The molecule has 1 aromatic heterocycles. The summed E-state index contributed by atoms with van der Waals surface area (Å²) < 4.78 is 50.2. The van der Waals surface area contributed by atoms with Crippen LogP contribution in [0.5, 0.6) is 0 Å². The molecule has 0 bridgehead atoms. The molecule has 0 unspecified atom stereocenters. The van der Waals surface area contributed by atoms with Gasteiger partial charge in [0.25, 0.3) is 5.91 Å². The van der Waals surface area contributed by atoms with E-state index in [1.54, 1.807) is 13.1 Å². The first-order chi connectivity index (χ1) is 15.3.